The molecule has 0 N–H and O–H groups in total. The van der Waals surface area contributed by atoms with Crippen LogP contribution in [0.2, 0.25) is 5.02 Å². The number of halogens is 2. The lowest BCUT2D eigenvalue weighted by Crippen LogP contribution is -2.28. The highest BCUT2D eigenvalue weighted by atomic mass is 127. The Morgan fingerprint density at radius 1 is 1.21 bits per heavy atom. The van der Waals surface area contributed by atoms with E-state index >= 15 is 0 Å². The van der Waals surface area contributed by atoms with Crippen LogP contribution in [0.1, 0.15) is 17.3 Å². The summed E-state index contributed by atoms with van der Waals surface area (Å²) in [6.07, 6.45) is 1.31. The van der Waals surface area contributed by atoms with Crippen LogP contribution in [-0.2, 0) is 9.53 Å². The summed E-state index contributed by atoms with van der Waals surface area (Å²) < 4.78 is 6.07. The highest BCUT2D eigenvalue weighted by Gasteiger charge is 2.28. The number of carbonyl (C=O) groups is 2. The second kappa shape index (κ2) is 8.94. The summed E-state index contributed by atoms with van der Waals surface area (Å²) in [4.78, 5) is 29.1. The van der Waals surface area contributed by atoms with Crippen LogP contribution in [0.4, 0.5) is 5.69 Å². The monoisotopic (exact) mass is 455 g/mol. The molecule has 124 valence electrons. The molecule has 24 heavy (non-hydrogen) atoms. The summed E-state index contributed by atoms with van der Waals surface area (Å²) in [5, 5.41) is 0.291. The number of ketones is 1. The molecule has 0 radical (unpaired) electrons. The van der Waals surface area contributed by atoms with E-state index in [1.165, 1.54) is 6.21 Å². The van der Waals surface area contributed by atoms with Gasteiger partial charge < -0.3 is 4.74 Å². The Hall–Kier alpha value is -1.73. The van der Waals surface area contributed by atoms with Crippen molar-refractivity contribution in [2.45, 2.75) is 6.92 Å². The van der Waals surface area contributed by atoms with Crippen molar-refractivity contribution in [2.24, 2.45) is 10.9 Å². The van der Waals surface area contributed by atoms with Crippen molar-refractivity contribution < 1.29 is 14.3 Å². The van der Waals surface area contributed by atoms with Gasteiger partial charge in [-0.3, -0.25) is 14.6 Å². The molecule has 0 aliphatic heterocycles. The first-order valence-corrected chi connectivity index (χ1v) is 8.73. The van der Waals surface area contributed by atoms with E-state index in [4.69, 9.17) is 16.3 Å². The Morgan fingerprint density at radius 2 is 1.88 bits per heavy atom. The number of nitrogens with zero attached hydrogens (tertiary/aromatic N) is 1. The number of esters is 1. The molecule has 1 unspecified atom stereocenters. The van der Waals surface area contributed by atoms with Crippen LogP contribution in [0.15, 0.2) is 53.5 Å². The lowest BCUT2D eigenvalue weighted by Gasteiger charge is -2.11. The Balaban J connectivity index is 2.31. The van der Waals surface area contributed by atoms with Crippen LogP contribution in [0.3, 0.4) is 0 Å². The summed E-state index contributed by atoms with van der Waals surface area (Å²) in [6, 6.07) is 14.0. The van der Waals surface area contributed by atoms with E-state index in [0.29, 0.717) is 10.7 Å². The zero-order chi connectivity index (χ0) is 17.5. The van der Waals surface area contributed by atoms with Gasteiger partial charge in [-0.15, -0.1) is 0 Å². The number of aliphatic imine (C=N–C) groups is 1. The summed E-state index contributed by atoms with van der Waals surface area (Å²) in [7, 11) is 0. The van der Waals surface area contributed by atoms with Crippen LogP contribution in [-0.4, -0.2) is 24.6 Å². The predicted octanol–water partition coefficient (Wildman–Crippen LogP) is 4.71. The molecule has 0 heterocycles. The Morgan fingerprint density at radius 3 is 2.50 bits per heavy atom. The first kappa shape index (κ1) is 18.6. The van der Waals surface area contributed by atoms with E-state index in [2.05, 4.69) is 27.6 Å². The quantitative estimate of drug-likeness (QED) is 0.208. The number of rotatable bonds is 6. The van der Waals surface area contributed by atoms with Gasteiger partial charge in [-0.2, -0.15) is 0 Å². The number of Topliss-reactive ketones (excluding diaryl/α,β-unsaturated/α-hetero) is 1. The standard InChI is InChI=1S/C18H15ClINO3/c1-2-24-18(23)15(11-21-13-9-7-12(20)8-10-13)17(22)14-5-3-4-6-16(14)19/h3-11,15H,2H2,1H3. The van der Waals surface area contributed by atoms with Crippen molar-refractivity contribution in [1.82, 2.24) is 0 Å². The topological polar surface area (TPSA) is 55.7 Å². The van der Waals surface area contributed by atoms with Crippen molar-refractivity contribution in [3.63, 3.8) is 0 Å². The van der Waals surface area contributed by atoms with Crippen LogP contribution in [0, 0.1) is 9.49 Å². The molecular formula is C18H15ClINO3. The highest BCUT2D eigenvalue weighted by Crippen LogP contribution is 2.20. The Bertz CT molecular complexity index is 759. The largest absolute Gasteiger partial charge is 0.465 e. The van der Waals surface area contributed by atoms with Gasteiger partial charge in [-0.1, -0.05) is 23.7 Å². The van der Waals surface area contributed by atoms with Gasteiger partial charge in [0.05, 0.1) is 17.3 Å². The number of ether oxygens (including phenoxy) is 1. The smallest absolute Gasteiger partial charge is 0.322 e. The van der Waals surface area contributed by atoms with E-state index in [9.17, 15) is 9.59 Å². The van der Waals surface area contributed by atoms with Crippen LogP contribution in [0.25, 0.3) is 0 Å². The molecule has 0 fully saturated rings. The molecule has 2 rings (SSSR count). The maximum absolute atomic E-state index is 12.7. The molecule has 0 aromatic heterocycles. The lowest BCUT2D eigenvalue weighted by molar-refractivity contribution is -0.143. The minimum absolute atomic E-state index is 0.183. The molecule has 2 aromatic carbocycles. The van der Waals surface area contributed by atoms with E-state index < -0.39 is 17.7 Å². The lowest BCUT2D eigenvalue weighted by atomic mass is 9.98. The van der Waals surface area contributed by atoms with Gasteiger partial charge in [-0.05, 0) is 65.9 Å². The van der Waals surface area contributed by atoms with Gasteiger partial charge in [0.2, 0.25) is 0 Å². The normalized spacial score (nSPS) is 12.1. The minimum atomic E-state index is -1.14. The third kappa shape index (κ3) is 4.88. The van der Waals surface area contributed by atoms with E-state index in [0.717, 1.165) is 3.57 Å². The average Bonchev–Trinajstić information content (AvgIpc) is 2.57. The second-order valence-corrected chi connectivity index (χ2v) is 6.48. The van der Waals surface area contributed by atoms with E-state index in [-0.39, 0.29) is 12.2 Å². The first-order chi connectivity index (χ1) is 11.5. The van der Waals surface area contributed by atoms with Crippen LogP contribution in [0.5, 0.6) is 0 Å². The van der Waals surface area contributed by atoms with Crippen LogP contribution >= 0.6 is 34.2 Å². The van der Waals surface area contributed by atoms with Gasteiger partial charge in [0.25, 0.3) is 0 Å². The fourth-order valence-corrected chi connectivity index (χ4v) is 2.57. The molecule has 2 aromatic rings. The minimum Gasteiger partial charge on any atom is -0.465 e. The van der Waals surface area contributed by atoms with Gasteiger partial charge in [-0.25, -0.2) is 0 Å². The third-order valence-corrected chi connectivity index (χ3v) is 4.21. The highest BCUT2D eigenvalue weighted by molar-refractivity contribution is 14.1. The molecular weight excluding hydrogens is 441 g/mol. The number of hydrogen-bond donors (Lipinski definition) is 0. The molecule has 0 spiro atoms. The number of benzene rings is 2. The van der Waals surface area contributed by atoms with Crippen molar-refractivity contribution in [2.75, 3.05) is 6.61 Å². The molecule has 1 atom stereocenters. The van der Waals surface area contributed by atoms with Gasteiger partial charge in [0.15, 0.2) is 11.7 Å². The van der Waals surface area contributed by atoms with Crippen molar-refractivity contribution >= 4 is 57.8 Å². The SMILES string of the molecule is CCOC(=O)C(C=Nc1ccc(I)cc1)C(=O)c1ccccc1Cl. The molecule has 0 bridgehead atoms. The molecule has 0 saturated carbocycles. The van der Waals surface area contributed by atoms with E-state index in [1.807, 2.05) is 12.1 Å². The molecule has 0 amide bonds. The van der Waals surface area contributed by atoms with Crippen LogP contribution < -0.4 is 0 Å². The maximum atomic E-state index is 12.7. The fraction of sp³-hybridized carbons (Fsp3) is 0.167. The average molecular weight is 456 g/mol. The second-order valence-electron chi connectivity index (χ2n) is 4.83. The third-order valence-electron chi connectivity index (χ3n) is 3.16. The van der Waals surface area contributed by atoms with E-state index in [1.54, 1.807) is 43.3 Å². The molecule has 6 heteroatoms. The van der Waals surface area contributed by atoms with Gasteiger partial charge in [0, 0.05) is 15.3 Å². The Labute approximate surface area is 159 Å². The number of carbonyl (C=O) groups excluding carboxylic acids is 2. The zero-order valence-electron chi connectivity index (χ0n) is 12.9. The predicted molar refractivity (Wildman–Crippen MR) is 103 cm³/mol. The van der Waals surface area contributed by atoms with Crippen molar-refractivity contribution in [3.05, 3.63) is 62.7 Å². The van der Waals surface area contributed by atoms with Gasteiger partial charge >= 0.3 is 5.97 Å². The first-order valence-electron chi connectivity index (χ1n) is 7.28. The molecule has 0 aliphatic carbocycles. The molecule has 4 nitrogen and oxygen atoms in total. The van der Waals surface area contributed by atoms with Gasteiger partial charge in [0.1, 0.15) is 0 Å². The fourth-order valence-electron chi connectivity index (χ4n) is 1.98. The Kier molecular flexibility index (Phi) is 6.93. The van der Waals surface area contributed by atoms with Crippen molar-refractivity contribution in [3.8, 4) is 0 Å². The summed E-state index contributed by atoms with van der Waals surface area (Å²) in [5.74, 6) is -2.21. The maximum Gasteiger partial charge on any atom is 0.322 e. The summed E-state index contributed by atoms with van der Waals surface area (Å²) in [6.45, 7) is 1.87. The summed E-state index contributed by atoms with van der Waals surface area (Å²) in [5.41, 5.74) is 0.919. The summed E-state index contributed by atoms with van der Waals surface area (Å²) >= 11 is 8.25. The molecule has 0 aliphatic rings. The van der Waals surface area contributed by atoms with Crippen molar-refractivity contribution in [1.29, 1.82) is 0 Å². The zero-order valence-corrected chi connectivity index (χ0v) is 15.8. The number of hydrogen-bond acceptors (Lipinski definition) is 4. The molecule has 0 saturated heterocycles.